The van der Waals surface area contributed by atoms with Crippen LogP contribution in [-0.2, 0) is 10.0 Å². The summed E-state index contributed by atoms with van der Waals surface area (Å²) < 4.78 is 26.0. The van der Waals surface area contributed by atoms with E-state index in [0.717, 1.165) is 5.69 Å². The molecule has 0 heterocycles. The molecule has 0 aliphatic rings. The molecule has 3 N–H and O–H groups in total. The molecule has 2 aromatic rings. The number of anilines is 3. The highest BCUT2D eigenvalue weighted by Crippen LogP contribution is 2.30. The standard InChI is InChI=1S/C14H17N3O2S/c1-16-20(18,19)12-8-9-13(15)14(10-12)17(2)11-6-4-3-5-7-11/h3-10,16H,15H2,1-2H3. The average Bonchev–Trinajstić information content (AvgIpc) is 2.47. The monoisotopic (exact) mass is 291 g/mol. The Hall–Kier alpha value is -2.05. The van der Waals surface area contributed by atoms with Crippen LogP contribution in [0.25, 0.3) is 0 Å². The first-order valence-electron chi connectivity index (χ1n) is 6.07. The van der Waals surface area contributed by atoms with Crippen LogP contribution >= 0.6 is 0 Å². The van der Waals surface area contributed by atoms with E-state index in [4.69, 9.17) is 5.73 Å². The normalized spacial score (nSPS) is 11.3. The summed E-state index contributed by atoms with van der Waals surface area (Å²) in [7, 11) is -0.260. The van der Waals surface area contributed by atoms with Crippen molar-refractivity contribution in [3.05, 3.63) is 48.5 Å². The van der Waals surface area contributed by atoms with E-state index in [1.807, 2.05) is 42.3 Å². The zero-order valence-electron chi connectivity index (χ0n) is 11.4. The summed E-state index contributed by atoms with van der Waals surface area (Å²) in [5.74, 6) is 0. The van der Waals surface area contributed by atoms with Crippen LogP contribution in [0.2, 0.25) is 0 Å². The lowest BCUT2D eigenvalue weighted by Gasteiger charge is -2.22. The highest BCUT2D eigenvalue weighted by molar-refractivity contribution is 7.89. The van der Waals surface area contributed by atoms with Crippen LogP contribution in [0.5, 0.6) is 0 Å². The van der Waals surface area contributed by atoms with Gasteiger partial charge in [-0.25, -0.2) is 13.1 Å². The first kappa shape index (κ1) is 14.4. The highest BCUT2D eigenvalue weighted by Gasteiger charge is 2.15. The van der Waals surface area contributed by atoms with Crippen molar-refractivity contribution in [3.63, 3.8) is 0 Å². The Morgan fingerprint density at radius 1 is 1.10 bits per heavy atom. The van der Waals surface area contributed by atoms with Crippen LogP contribution in [-0.4, -0.2) is 22.5 Å². The molecule has 0 atom stereocenters. The molecule has 2 rings (SSSR count). The molecule has 0 spiro atoms. The first-order chi connectivity index (χ1) is 9.45. The van der Waals surface area contributed by atoms with Crippen LogP contribution in [0.15, 0.2) is 53.4 Å². The van der Waals surface area contributed by atoms with Gasteiger partial charge in [-0.2, -0.15) is 0 Å². The average molecular weight is 291 g/mol. The van der Waals surface area contributed by atoms with E-state index in [-0.39, 0.29) is 4.90 Å². The summed E-state index contributed by atoms with van der Waals surface area (Å²) in [6.07, 6.45) is 0. The van der Waals surface area contributed by atoms with Gasteiger partial charge in [-0.05, 0) is 37.4 Å². The Morgan fingerprint density at radius 3 is 2.35 bits per heavy atom. The van der Waals surface area contributed by atoms with Crippen LogP contribution in [0.1, 0.15) is 0 Å². The number of hydrogen-bond donors (Lipinski definition) is 2. The predicted molar refractivity (Wildman–Crippen MR) is 81.6 cm³/mol. The Morgan fingerprint density at radius 2 is 1.75 bits per heavy atom. The van der Waals surface area contributed by atoms with Crippen LogP contribution in [0.4, 0.5) is 17.1 Å². The Bertz CT molecular complexity index is 700. The zero-order valence-corrected chi connectivity index (χ0v) is 12.2. The number of nitrogens with one attached hydrogen (secondary N) is 1. The maximum atomic E-state index is 11.9. The third-order valence-electron chi connectivity index (χ3n) is 3.09. The molecule has 0 radical (unpaired) electrons. The molecule has 20 heavy (non-hydrogen) atoms. The van der Waals surface area contributed by atoms with Gasteiger partial charge in [-0.3, -0.25) is 0 Å². The van der Waals surface area contributed by atoms with E-state index in [2.05, 4.69) is 4.72 Å². The molecule has 5 nitrogen and oxygen atoms in total. The van der Waals surface area contributed by atoms with Gasteiger partial charge < -0.3 is 10.6 Å². The second kappa shape index (κ2) is 5.52. The van der Waals surface area contributed by atoms with Crippen molar-refractivity contribution >= 4 is 27.1 Å². The van der Waals surface area contributed by atoms with Gasteiger partial charge >= 0.3 is 0 Å². The van der Waals surface area contributed by atoms with Gasteiger partial charge in [0.1, 0.15) is 0 Å². The lowest BCUT2D eigenvalue weighted by atomic mass is 10.2. The third-order valence-corrected chi connectivity index (χ3v) is 4.50. The van der Waals surface area contributed by atoms with E-state index in [9.17, 15) is 8.42 Å². The van der Waals surface area contributed by atoms with Crippen LogP contribution in [0, 0.1) is 0 Å². The summed E-state index contributed by atoms with van der Waals surface area (Å²) in [4.78, 5) is 2.04. The van der Waals surface area contributed by atoms with Crippen molar-refractivity contribution in [2.75, 3.05) is 24.7 Å². The number of nitrogens with zero attached hydrogens (tertiary/aromatic N) is 1. The fourth-order valence-electron chi connectivity index (χ4n) is 1.89. The molecule has 2 aromatic carbocycles. The van der Waals surface area contributed by atoms with E-state index in [1.54, 1.807) is 12.1 Å². The van der Waals surface area contributed by atoms with Crippen molar-refractivity contribution in [2.24, 2.45) is 0 Å². The molecule has 0 aromatic heterocycles. The van der Waals surface area contributed by atoms with E-state index < -0.39 is 10.0 Å². The van der Waals surface area contributed by atoms with Crippen molar-refractivity contribution in [3.8, 4) is 0 Å². The van der Waals surface area contributed by atoms with Gasteiger partial charge in [-0.15, -0.1) is 0 Å². The summed E-state index contributed by atoms with van der Waals surface area (Å²) in [6.45, 7) is 0. The van der Waals surface area contributed by atoms with Crippen molar-refractivity contribution in [2.45, 2.75) is 4.90 Å². The number of benzene rings is 2. The van der Waals surface area contributed by atoms with Gasteiger partial charge in [0, 0.05) is 12.7 Å². The minimum Gasteiger partial charge on any atom is -0.397 e. The van der Waals surface area contributed by atoms with Crippen molar-refractivity contribution < 1.29 is 8.42 Å². The topological polar surface area (TPSA) is 75.4 Å². The number of nitrogens with two attached hydrogens (primary N) is 1. The summed E-state index contributed by atoms with van der Waals surface area (Å²) in [5.41, 5.74) is 8.05. The first-order valence-corrected chi connectivity index (χ1v) is 7.56. The number of nitrogen functional groups attached to an aromatic ring is 1. The fourth-order valence-corrected chi connectivity index (χ4v) is 2.64. The predicted octanol–water partition coefficient (Wildman–Crippen LogP) is 1.94. The summed E-state index contributed by atoms with van der Waals surface area (Å²) in [5, 5.41) is 0. The Kier molecular flexibility index (Phi) is 3.96. The molecule has 0 unspecified atom stereocenters. The largest absolute Gasteiger partial charge is 0.397 e. The fraction of sp³-hybridized carbons (Fsp3) is 0.143. The number of para-hydroxylation sites is 1. The smallest absolute Gasteiger partial charge is 0.240 e. The van der Waals surface area contributed by atoms with Gasteiger partial charge in [-0.1, -0.05) is 18.2 Å². The second-order valence-corrected chi connectivity index (χ2v) is 6.21. The van der Waals surface area contributed by atoms with E-state index in [1.165, 1.54) is 13.1 Å². The summed E-state index contributed by atoms with van der Waals surface area (Å²) >= 11 is 0. The lowest BCUT2D eigenvalue weighted by Crippen LogP contribution is -2.19. The molecule has 106 valence electrons. The third kappa shape index (κ3) is 2.76. The molecule has 0 amide bonds. The highest BCUT2D eigenvalue weighted by atomic mass is 32.2. The van der Waals surface area contributed by atoms with Crippen molar-refractivity contribution in [1.29, 1.82) is 0 Å². The molecule has 0 saturated heterocycles. The Balaban J connectivity index is 2.49. The lowest BCUT2D eigenvalue weighted by molar-refractivity contribution is 0.588. The molecule has 0 aliphatic carbocycles. The maximum Gasteiger partial charge on any atom is 0.240 e. The van der Waals surface area contributed by atoms with Gasteiger partial charge in [0.25, 0.3) is 0 Å². The van der Waals surface area contributed by atoms with Crippen LogP contribution < -0.4 is 15.4 Å². The molecular weight excluding hydrogens is 274 g/mol. The summed E-state index contributed by atoms with van der Waals surface area (Å²) in [6, 6.07) is 14.3. The molecule has 0 saturated carbocycles. The SMILES string of the molecule is CNS(=O)(=O)c1ccc(N)c(N(C)c2ccccc2)c1. The van der Waals surface area contributed by atoms with Gasteiger partial charge in [0.2, 0.25) is 10.0 Å². The van der Waals surface area contributed by atoms with Gasteiger partial charge in [0.15, 0.2) is 0 Å². The minimum atomic E-state index is -3.49. The number of hydrogen-bond acceptors (Lipinski definition) is 4. The van der Waals surface area contributed by atoms with E-state index >= 15 is 0 Å². The molecule has 6 heteroatoms. The molecule has 0 fully saturated rings. The minimum absolute atomic E-state index is 0.187. The maximum absolute atomic E-state index is 11.9. The quantitative estimate of drug-likeness (QED) is 0.844. The van der Waals surface area contributed by atoms with Crippen LogP contribution in [0.3, 0.4) is 0 Å². The Labute approximate surface area is 119 Å². The molecule has 0 aliphatic heterocycles. The number of sulfonamides is 1. The second-order valence-electron chi connectivity index (χ2n) is 4.32. The van der Waals surface area contributed by atoms with Gasteiger partial charge in [0.05, 0.1) is 16.3 Å². The van der Waals surface area contributed by atoms with E-state index in [0.29, 0.717) is 11.4 Å². The molecular formula is C14H17N3O2S. The van der Waals surface area contributed by atoms with Crippen molar-refractivity contribution in [1.82, 2.24) is 4.72 Å². The molecule has 0 bridgehead atoms. The number of rotatable bonds is 4. The zero-order chi connectivity index (χ0) is 14.8.